The van der Waals surface area contributed by atoms with Crippen molar-refractivity contribution in [3.63, 3.8) is 0 Å². The van der Waals surface area contributed by atoms with Gasteiger partial charge in [0.2, 0.25) is 5.91 Å². The number of amides is 1. The predicted molar refractivity (Wildman–Crippen MR) is 383 cm³/mol. The molecule has 3 heterocycles. The molecule has 19 nitrogen and oxygen atoms in total. The van der Waals surface area contributed by atoms with E-state index in [1.807, 2.05) is 6.08 Å². The molecular weight excluding hydrogens is 1240 g/mol. The fraction of sp³-hybridized carbons (Fsp3) is 0.808. The van der Waals surface area contributed by atoms with Crippen molar-refractivity contribution >= 4 is 5.91 Å². The Morgan fingerprint density at radius 3 is 1.11 bits per heavy atom. The monoisotopic (exact) mass is 1380 g/mol. The molecule has 0 bridgehead atoms. The third kappa shape index (κ3) is 39.3. The van der Waals surface area contributed by atoms with Crippen LogP contribution in [-0.4, -0.2) is 193 Å². The molecule has 0 aromatic heterocycles. The largest absolute Gasteiger partial charge is 0.394 e. The van der Waals surface area contributed by atoms with Crippen LogP contribution in [0.3, 0.4) is 0 Å². The molecule has 3 rings (SSSR count). The van der Waals surface area contributed by atoms with E-state index in [0.29, 0.717) is 6.42 Å². The molecule has 0 aromatic rings. The van der Waals surface area contributed by atoms with Crippen molar-refractivity contribution in [2.75, 3.05) is 26.4 Å². The number of rotatable bonds is 59. The number of nitrogens with one attached hydrogen (secondary N) is 1. The van der Waals surface area contributed by atoms with Gasteiger partial charge in [-0.1, -0.05) is 279 Å². The van der Waals surface area contributed by atoms with Gasteiger partial charge in [-0.3, -0.25) is 4.79 Å². The first-order valence-corrected chi connectivity index (χ1v) is 38.3. The van der Waals surface area contributed by atoms with Gasteiger partial charge in [0.05, 0.1) is 38.6 Å². The second-order valence-electron chi connectivity index (χ2n) is 27.1. The summed E-state index contributed by atoms with van der Waals surface area (Å²) in [7, 11) is 0. The average molecular weight is 1380 g/mol. The minimum Gasteiger partial charge on any atom is -0.394 e. The van der Waals surface area contributed by atoms with Crippen LogP contribution in [0.2, 0.25) is 0 Å². The van der Waals surface area contributed by atoms with E-state index in [9.17, 15) is 61.0 Å². The Hall–Kier alpha value is -3.03. The van der Waals surface area contributed by atoms with Crippen molar-refractivity contribution in [2.24, 2.45) is 0 Å². The van der Waals surface area contributed by atoms with Crippen LogP contribution in [0.25, 0.3) is 0 Å². The van der Waals surface area contributed by atoms with Crippen molar-refractivity contribution in [2.45, 2.75) is 375 Å². The zero-order chi connectivity index (χ0) is 70.4. The number of ether oxygens (including phenoxy) is 6. The predicted octanol–water partition coefficient (Wildman–Crippen LogP) is 11.8. The first-order valence-electron chi connectivity index (χ1n) is 38.3. The summed E-state index contributed by atoms with van der Waals surface area (Å²) in [5.74, 6) is -0.291. The first kappa shape index (κ1) is 88.2. The van der Waals surface area contributed by atoms with E-state index in [-0.39, 0.29) is 18.9 Å². The molecule has 19 heteroatoms. The lowest BCUT2D eigenvalue weighted by atomic mass is 9.96. The van der Waals surface area contributed by atoms with Gasteiger partial charge in [-0.2, -0.15) is 0 Å². The van der Waals surface area contributed by atoms with Crippen LogP contribution in [0.15, 0.2) is 85.1 Å². The number of hydrogen-bond acceptors (Lipinski definition) is 18. The van der Waals surface area contributed by atoms with E-state index < -0.39 is 124 Å². The number of allylic oxidation sites excluding steroid dienone is 13. The third-order valence-electron chi connectivity index (χ3n) is 18.7. The Bertz CT molecular complexity index is 2080. The molecule has 0 radical (unpaired) electrons. The standard InChI is InChI=1S/C78H137NO18/c1-3-5-7-9-11-13-15-17-19-21-23-25-27-29-30-32-33-35-37-39-41-43-45-47-49-51-53-55-62(83)61(79-66(84)56-54-52-50-48-46-44-42-40-38-36-34-31-28-26-24-22-20-18-16-14-12-10-8-6-4-2)60-92-76-72(90)69(87)74(64(58-81)94-76)97-78-73(91)70(88)75(65(59-82)95-78)96-77-71(89)68(86)67(85)63(57-80)93-77/h6,8,12,14,18,20,24,26,31,34,38,40,53,55,61-65,67-78,80-83,85-91H,3-5,7,9-11,13,15-17,19,21-23,25,27-30,32-33,35-37,39,41-52,54,56-60H2,1-2H3,(H,79,84)/b8-6-,14-12-,20-18-,26-24-,34-31-,40-38-,55-53+. The highest BCUT2D eigenvalue weighted by molar-refractivity contribution is 5.76. The minimum absolute atomic E-state index is 0.222. The number of carbonyl (C=O) groups excluding carboxylic acids is 1. The van der Waals surface area contributed by atoms with E-state index in [1.165, 1.54) is 141 Å². The molecule has 1 amide bonds. The first-order chi connectivity index (χ1) is 47.3. The Labute approximate surface area is 584 Å². The number of unbranched alkanes of at least 4 members (excludes halogenated alkanes) is 31. The summed E-state index contributed by atoms with van der Waals surface area (Å²) in [6, 6.07) is -0.989. The van der Waals surface area contributed by atoms with Crippen molar-refractivity contribution < 1.29 is 89.4 Å². The van der Waals surface area contributed by atoms with Crippen LogP contribution in [0.5, 0.6) is 0 Å². The highest BCUT2D eigenvalue weighted by Gasteiger charge is 2.53. The Kier molecular flexibility index (Phi) is 53.2. The molecule has 3 aliphatic rings. The Balaban J connectivity index is 1.42. The molecule has 0 spiro atoms. The molecule has 17 unspecified atom stereocenters. The van der Waals surface area contributed by atoms with Gasteiger partial charge >= 0.3 is 0 Å². The molecule has 0 aliphatic carbocycles. The maximum atomic E-state index is 13.5. The smallest absolute Gasteiger partial charge is 0.220 e. The summed E-state index contributed by atoms with van der Waals surface area (Å²) in [6.07, 6.45) is 49.8. The molecular formula is C78H137NO18. The fourth-order valence-electron chi connectivity index (χ4n) is 12.5. The van der Waals surface area contributed by atoms with Gasteiger partial charge < -0.3 is 89.9 Å². The SMILES string of the molecule is CC/C=C\C/C=C\C/C=C\C/C=C\C/C=C\C/C=C\CCCCCCCCC(=O)NC(COC1OC(CO)C(OC2OC(CO)C(OC3OC(CO)C(O)C(O)C3O)C(O)C2O)C(O)C1O)C(O)/C=C/CCCCCCCCCCCCCCCCCCCCCCCCCCC. The molecule has 12 N–H and O–H groups in total. The summed E-state index contributed by atoms with van der Waals surface area (Å²) in [5.41, 5.74) is 0. The van der Waals surface area contributed by atoms with E-state index in [0.717, 1.165) is 103 Å². The molecule has 17 atom stereocenters. The molecule has 0 aromatic carbocycles. The van der Waals surface area contributed by atoms with Gasteiger partial charge in [-0.25, -0.2) is 0 Å². The second-order valence-corrected chi connectivity index (χ2v) is 27.1. The normalized spacial score (nSPS) is 27.4. The summed E-state index contributed by atoms with van der Waals surface area (Å²) in [4.78, 5) is 13.5. The van der Waals surface area contributed by atoms with Crippen LogP contribution in [0.4, 0.5) is 0 Å². The quantitative estimate of drug-likeness (QED) is 0.0199. The molecule has 3 saturated heterocycles. The van der Waals surface area contributed by atoms with Crippen molar-refractivity contribution in [3.8, 4) is 0 Å². The van der Waals surface area contributed by atoms with Crippen molar-refractivity contribution in [3.05, 3.63) is 85.1 Å². The average Bonchev–Trinajstić information content (AvgIpc) is 0.797. The van der Waals surface area contributed by atoms with Crippen molar-refractivity contribution in [1.82, 2.24) is 5.32 Å². The van der Waals surface area contributed by atoms with Crippen molar-refractivity contribution in [1.29, 1.82) is 0 Å². The van der Waals surface area contributed by atoms with Crippen LogP contribution in [0.1, 0.15) is 271 Å². The zero-order valence-corrected chi connectivity index (χ0v) is 59.8. The van der Waals surface area contributed by atoms with E-state index >= 15 is 0 Å². The lowest BCUT2D eigenvalue weighted by molar-refractivity contribution is -0.379. The molecule has 97 heavy (non-hydrogen) atoms. The van der Waals surface area contributed by atoms with Gasteiger partial charge in [0.25, 0.3) is 0 Å². The topological polar surface area (TPSA) is 307 Å². The molecule has 3 fully saturated rings. The van der Waals surface area contributed by atoms with Crippen LogP contribution in [-0.2, 0) is 33.2 Å². The van der Waals surface area contributed by atoms with Gasteiger partial charge in [0, 0.05) is 6.42 Å². The van der Waals surface area contributed by atoms with Crippen LogP contribution in [0, 0.1) is 0 Å². The lowest BCUT2D eigenvalue weighted by Crippen LogP contribution is -2.66. The van der Waals surface area contributed by atoms with Gasteiger partial charge in [0.1, 0.15) is 73.2 Å². The Morgan fingerprint density at radius 2 is 0.711 bits per heavy atom. The van der Waals surface area contributed by atoms with Crippen LogP contribution >= 0.6 is 0 Å². The minimum atomic E-state index is -1.98. The Morgan fingerprint density at radius 1 is 0.381 bits per heavy atom. The van der Waals surface area contributed by atoms with E-state index in [1.54, 1.807) is 6.08 Å². The second kappa shape index (κ2) is 58.5. The summed E-state index contributed by atoms with van der Waals surface area (Å²) in [6.45, 7) is 1.63. The zero-order valence-electron chi connectivity index (χ0n) is 59.8. The molecule has 3 aliphatic heterocycles. The van der Waals surface area contributed by atoms with E-state index in [2.05, 4.69) is 92.1 Å². The highest BCUT2D eigenvalue weighted by Crippen LogP contribution is 2.33. The number of hydrogen-bond donors (Lipinski definition) is 12. The number of carbonyl (C=O) groups is 1. The lowest BCUT2D eigenvalue weighted by Gasteiger charge is -2.48. The van der Waals surface area contributed by atoms with Gasteiger partial charge in [-0.05, 0) is 70.6 Å². The summed E-state index contributed by atoms with van der Waals surface area (Å²) in [5, 5.41) is 121. The highest BCUT2D eigenvalue weighted by atomic mass is 16.8. The van der Waals surface area contributed by atoms with E-state index in [4.69, 9.17) is 28.4 Å². The maximum Gasteiger partial charge on any atom is 0.220 e. The summed E-state index contributed by atoms with van der Waals surface area (Å²) >= 11 is 0. The molecule has 562 valence electrons. The number of aliphatic hydroxyl groups excluding tert-OH is 11. The van der Waals surface area contributed by atoms with Gasteiger partial charge in [-0.15, -0.1) is 0 Å². The number of aliphatic hydroxyl groups is 11. The van der Waals surface area contributed by atoms with Gasteiger partial charge in [0.15, 0.2) is 18.9 Å². The third-order valence-corrected chi connectivity index (χ3v) is 18.7. The molecule has 0 saturated carbocycles. The fourth-order valence-corrected chi connectivity index (χ4v) is 12.5. The maximum absolute atomic E-state index is 13.5. The summed E-state index contributed by atoms with van der Waals surface area (Å²) < 4.78 is 34.4. The van der Waals surface area contributed by atoms with Crippen LogP contribution < -0.4 is 5.32 Å².